The third-order valence-electron chi connectivity index (χ3n) is 2.67. The Hall–Kier alpha value is 0.01000. The average Bonchev–Trinajstić information content (AvgIpc) is 2.29. The number of nitrogens with two attached hydrogens (primary N) is 1. The summed E-state index contributed by atoms with van der Waals surface area (Å²) in [5.41, 5.74) is 6.86. The van der Waals surface area contributed by atoms with Gasteiger partial charge in [-0.25, -0.2) is 0 Å². The molecule has 0 saturated carbocycles. The summed E-state index contributed by atoms with van der Waals surface area (Å²) < 4.78 is 1.19. The Balaban J connectivity index is 2.59. The van der Waals surface area contributed by atoms with Crippen LogP contribution in [0.3, 0.4) is 0 Å². The van der Waals surface area contributed by atoms with Crippen LogP contribution in [-0.4, -0.2) is 12.3 Å². The van der Waals surface area contributed by atoms with Crippen molar-refractivity contribution < 1.29 is 0 Å². The molecule has 90 valence electrons. The number of benzene rings is 1. The van der Waals surface area contributed by atoms with E-state index in [1.807, 2.05) is 11.8 Å². The first-order chi connectivity index (χ1) is 7.67. The van der Waals surface area contributed by atoms with Crippen molar-refractivity contribution >= 4 is 27.7 Å². The van der Waals surface area contributed by atoms with Crippen LogP contribution in [0.2, 0.25) is 0 Å². The molecular weight excluding hydrogens is 282 g/mol. The first-order valence-corrected chi connectivity index (χ1v) is 7.56. The summed E-state index contributed by atoms with van der Waals surface area (Å²) in [6.45, 7) is 5.24. The maximum atomic E-state index is 5.56. The van der Waals surface area contributed by atoms with Crippen molar-refractivity contribution in [1.82, 2.24) is 0 Å². The molecule has 1 unspecified atom stereocenters. The molecule has 0 spiro atoms. The molecule has 0 heterocycles. The zero-order chi connectivity index (χ0) is 12.0. The largest absolute Gasteiger partial charge is 0.330 e. The van der Waals surface area contributed by atoms with Gasteiger partial charge in [-0.1, -0.05) is 42.3 Å². The van der Waals surface area contributed by atoms with E-state index < -0.39 is 0 Å². The predicted molar refractivity (Wildman–Crippen MR) is 77.1 cm³/mol. The van der Waals surface area contributed by atoms with Gasteiger partial charge in [-0.15, -0.1) is 11.8 Å². The molecule has 1 nitrogen and oxygen atoms in total. The highest BCUT2D eigenvalue weighted by Gasteiger charge is 2.03. The SMILES string of the molecule is CCC(C)CSc1ccc(CCN)c(Br)c1. The topological polar surface area (TPSA) is 26.0 Å². The van der Waals surface area contributed by atoms with Gasteiger partial charge in [-0.2, -0.15) is 0 Å². The summed E-state index contributed by atoms with van der Waals surface area (Å²) in [7, 11) is 0. The maximum Gasteiger partial charge on any atom is 0.0218 e. The molecule has 0 aliphatic carbocycles. The van der Waals surface area contributed by atoms with Crippen LogP contribution in [-0.2, 0) is 6.42 Å². The molecule has 1 atom stereocenters. The smallest absolute Gasteiger partial charge is 0.0218 e. The molecule has 1 aromatic carbocycles. The zero-order valence-corrected chi connectivity index (χ0v) is 12.4. The quantitative estimate of drug-likeness (QED) is 0.801. The fourth-order valence-electron chi connectivity index (χ4n) is 1.33. The summed E-state index contributed by atoms with van der Waals surface area (Å²) in [5.74, 6) is 1.98. The molecule has 0 amide bonds. The molecule has 0 aliphatic heterocycles. The fraction of sp³-hybridized carbons (Fsp3) is 0.538. The monoisotopic (exact) mass is 301 g/mol. The van der Waals surface area contributed by atoms with Crippen LogP contribution in [0.15, 0.2) is 27.6 Å². The maximum absolute atomic E-state index is 5.56. The third-order valence-corrected chi connectivity index (χ3v) is 4.73. The Bertz CT molecular complexity index is 328. The van der Waals surface area contributed by atoms with E-state index in [1.54, 1.807) is 0 Å². The highest BCUT2D eigenvalue weighted by atomic mass is 79.9. The van der Waals surface area contributed by atoms with Gasteiger partial charge >= 0.3 is 0 Å². The Morgan fingerprint density at radius 3 is 2.75 bits per heavy atom. The van der Waals surface area contributed by atoms with Gasteiger partial charge in [-0.05, 0) is 36.6 Å². The summed E-state index contributed by atoms with van der Waals surface area (Å²) in [6.07, 6.45) is 2.19. The predicted octanol–water partition coefficient (Wildman–Crippen LogP) is 4.09. The first-order valence-electron chi connectivity index (χ1n) is 5.78. The minimum Gasteiger partial charge on any atom is -0.330 e. The molecule has 0 aliphatic rings. The third kappa shape index (κ3) is 4.48. The highest BCUT2D eigenvalue weighted by Crippen LogP contribution is 2.27. The van der Waals surface area contributed by atoms with Crippen LogP contribution in [0.5, 0.6) is 0 Å². The molecule has 0 aromatic heterocycles. The van der Waals surface area contributed by atoms with Crippen molar-refractivity contribution in [1.29, 1.82) is 0 Å². The van der Waals surface area contributed by atoms with Gasteiger partial charge in [0.15, 0.2) is 0 Å². The normalized spacial score (nSPS) is 12.8. The van der Waals surface area contributed by atoms with Crippen molar-refractivity contribution in [2.45, 2.75) is 31.6 Å². The van der Waals surface area contributed by atoms with Gasteiger partial charge < -0.3 is 5.73 Å². The minimum absolute atomic E-state index is 0.706. The molecule has 2 N–H and O–H groups in total. The van der Waals surface area contributed by atoms with Gasteiger partial charge in [0, 0.05) is 15.1 Å². The van der Waals surface area contributed by atoms with Crippen LogP contribution >= 0.6 is 27.7 Å². The van der Waals surface area contributed by atoms with Crippen molar-refractivity contribution in [2.75, 3.05) is 12.3 Å². The molecule has 16 heavy (non-hydrogen) atoms. The zero-order valence-electron chi connectivity index (χ0n) is 10.0. The lowest BCUT2D eigenvalue weighted by Gasteiger charge is -2.09. The van der Waals surface area contributed by atoms with E-state index in [0.717, 1.165) is 12.3 Å². The number of rotatable bonds is 6. The molecule has 1 aromatic rings. The van der Waals surface area contributed by atoms with Gasteiger partial charge in [-0.3, -0.25) is 0 Å². The molecule has 0 radical (unpaired) electrons. The van der Waals surface area contributed by atoms with Gasteiger partial charge in [0.1, 0.15) is 0 Å². The second kappa shape index (κ2) is 7.36. The van der Waals surface area contributed by atoms with Crippen molar-refractivity contribution in [2.24, 2.45) is 11.7 Å². The second-order valence-electron chi connectivity index (χ2n) is 4.12. The van der Waals surface area contributed by atoms with E-state index in [2.05, 4.69) is 48.0 Å². The van der Waals surface area contributed by atoms with Gasteiger partial charge in [0.05, 0.1) is 0 Å². The standard InChI is InChI=1S/C13H20BrNS/c1-3-10(2)9-16-12-5-4-11(6-7-15)13(14)8-12/h4-5,8,10H,3,6-7,9,15H2,1-2H3. The van der Waals surface area contributed by atoms with Crippen molar-refractivity contribution in [3.05, 3.63) is 28.2 Å². The number of halogens is 1. The summed E-state index contributed by atoms with van der Waals surface area (Å²) >= 11 is 5.54. The lowest BCUT2D eigenvalue weighted by Crippen LogP contribution is -2.03. The molecule has 0 saturated heterocycles. The second-order valence-corrected chi connectivity index (χ2v) is 6.06. The first kappa shape index (κ1) is 14.1. The number of thioether (sulfide) groups is 1. The molecule has 1 rings (SSSR count). The van der Waals surface area contributed by atoms with Crippen LogP contribution in [0, 0.1) is 5.92 Å². The van der Waals surface area contributed by atoms with Gasteiger partial charge in [0.2, 0.25) is 0 Å². The summed E-state index contributed by atoms with van der Waals surface area (Å²) in [4.78, 5) is 1.34. The lowest BCUT2D eigenvalue weighted by molar-refractivity contribution is 0.637. The number of hydrogen-bond acceptors (Lipinski definition) is 2. The van der Waals surface area contributed by atoms with Crippen LogP contribution < -0.4 is 5.73 Å². The van der Waals surface area contributed by atoms with E-state index in [4.69, 9.17) is 5.73 Å². The highest BCUT2D eigenvalue weighted by molar-refractivity contribution is 9.10. The summed E-state index contributed by atoms with van der Waals surface area (Å²) in [5, 5.41) is 0. The van der Waals surface area contributed by atoms with Crippen LogP contribution in [0.1, 0.15) is 25.8 Å². The van der Waals surface area contributed by atoms with E-state index in [0.29, 0.717) is 6.54 Å². The summed E-state index contributed by atoms with van der Waals surface area (Å²) in [6, 6.07) is 6.58. The van der Waals surface area contributed by atoms with E-state index >= 15 is 0 Å². The Kier molecular flexibility index (Phi) is 6.47. The Morgan fingerprint density at radius 2 is 2.19 bits per heavy atom. The lowest BCUT2D eigenvalue weighted by atomic mass is 10.1. The van der Waals surface area contributed by atoms with Crippen molar-refractivity contribution in [3.8, 4) is 0 Å². The van der Waals surface area contributed by atoms with Gasteiger partial charge in [0.25, 0.3) is 0 Å². The van der Waals surface area contributed by atoms with Crippen LogP contribution in [0.25, 0.3) is 0 Å². The molecule has 3 heteroatoms. The fourth-order valence-corrected chi connectivity index (χ4v) is 3.14. The molecule has 0 bridgehead atoms. The average molecular weight is 302 g/mol. The minimum atomic E-state index is 0.706. The van der Waals surface area contributed by atoms with Crippen molar-refractivity contribution in [3.63, 3.8) is 0 Å². The molecular formula is C13H20BrNS. The van der Waals surface area contributed by atoms with Crippen LogP contribution in [0.4, 0.5) is 0 Å². The van der Waals surface area contributed by atoms with E-state index in [1.165, 1.54) is 27.1 Å². The van der Waals surface area contributed by atoms with E-state index in [9.17, 15) is 0 Å². The van der Waals surface area contributed by atoms with E-state index in [-0.39, 0.29) is 0 Å². The molecule has 0 fully saturated rings. The Morgan fingerprint density at radius 1 is 1.44 bits per heavy atom. The Labute approximate surface area is 111 Å². The number of hydrogen-bond donors (Lipinski definition) is 1.